The van der Waals surface area contributed by atoms with E-state index in [1.54, 1.807) is 0 Å². The molecule has 1 heterocycles. The van der Waals surface area contributed by atoms with Gasteiger partial charge in [0.05, 0.1) is 6.04 Å². The second-order valence-corrected chi connectivity index (χ2v) is 7.03. The second-order valence-electron chi connectivity index (χ2n) is 7.03. The minimum atomic E-state index is -0.255. The smallest absolute Gasteiger partial charge is 0.319 e. The van der Waals surface area contributed by atoms with Crippen molar-refractivity contribution in [2.75, 3.05) is 23.8 Å². The van der Waals surface area contributed by atoms with Crippen LogP contribution in [-0.4, -0.2) is 48.6 Å². The Hall–Kier alpha value is -2.24. The van der Waals surface area contributed by atoms with Crippen LogP contribution in [-0.2, 0) is 4.79 Å². The molecule has 6 nitrogen and oxygen atoms in total. The predicted molar refractivity (Wildman–Crippen MR) is 95.3 cm³/mol. The van der Waals surface area contributed by atoms with Crippen molar-refractivity contribution in [3.63, 3.8) is 0 Å². The minimum absolute atomic E-state index is 0.0976. The molecule has 1 atom stereocenters. The lowest BCUT2D eigenvalue weighted by Gasteiger charge is -2.24. The van der Waals surface area contributed by atoms with Crippen LogP contribution >= 0.6 is 0 Å². The third kappa shape index (κ3) is 3.80. The fraction of sp³-hybridized carbons (Fsp3) is 0.556. The lowest BCUT2D eigenvalue weighted by atomic mass is 10.2. The van der Waals surface area contributed by atoms with Crippen LogP contribution in [0.2, 0.25) is 0 Å². The van der Waals surface area contributed by atoms with Crippen molar-refractivity contribution in [3.05, 3.63) is 24.3 Å². The third-order valence-electron chi connectivity index (χ3n) is 4.77. The summed E-state index contributed by atoms with van der Waals surface area (Å²) in [5, 5.41) is 5.79. The number of likely N-dealkylation sites (tertiary alicyclic amines) is 1. The van der Waals surface area contributed by atoms with E-state index < -0.39 is 0 Å². The first kappa shape index (κ1) is 16.6. The highest BCUT2D eigenvalue weighted by molar-refractivity contribution is 5.91. The van der Waals surface area contributed by atoms with E-state index in [2.05, 4.69) is 29.4 Å². The van der Waals surface area contributed by atoms with Crippen LogP contribution in [0.1, 0.15) is 33.1 Å². The molecule has 1 aliphatic carbocycles. The first-order valence-corrected chi connectivity index (χ1v) is 8.64. The molecule has 0 radical (unpaired) electrons. The first-order valence-electron chi connectivity index (χ1n) is 8.64. The van der Waals surface area contributed by atoms with Gasteiger partial charge in [0.2, 0.25) is 5.91 Å². The minimum Gasteiger partial charge on any atom is -0.372 e. The zero-order valence-electron chi connectivity index (χ0n) is 14.6. The molecule has 6 heteroatoms. The van der Waals surface area contributed by atoms with Crippen LogP contribution in [0.15, 0.2) is 24.3 Å². The SMILES string of the molecule is CC(C)N(C)c1cccc(NC(=O)N[C@@H]2CC(=O)N(C3CC3)C2)c1. The zero-order valence-corrected chi connectivity index (χ0v) is 14.6. The standard InChI is InChI=1S/C18H26N4O2/c1-12(2)21(3)16-6-4-5-13(9-16)19-18(24)20-14-10-17(23)22(11-14)15-7-8-15/h4-6,9,12,14-15H,7-8,10-11H2,1-3H3,(H2,19,20,24)/t14-/m1/s1. The highest BCUT2D eigenvalue weighted by Crippen LogP contribution is 2.30. The van der Waals surface area contributed by atoms with Crippen LogP contribution in [0.4, 0.5) is 16.2 Å². The molecule has 130 valence electrons. The average Bonchev–Trinajstić information content (AvgIpc) is 3.30. The van der Waals surface area contributed by atoms with Crippen molar-refractivity contribution in [1.29, 1.82) is 0 Å². The van der Waals surface area contributed by atoms with Crippen molar-refractivity contribution in [2.24, 2.45) is 0 Å². The van der Waals surface area contributed by atoms with E-state index in [0.717, 1.165) is 24.2 Å². The summed E-state index contributed by atoms with van der Waals surface area (Å²) >= 11 is 0. The lowest BCUT2D eigenvalue weighted by molar-refractivity contribution is -0.128. The number of nitrogens with one attached hydrogen (secondary N) is 2. The first-order chi connectivity index (χ1) is 11.4. The zero-order chi connectivity index (χ0) is 17.3. The Balaban J connectivity index is 1.55. The van der Waals surface area contributed by atoms with Gasteiger partial charge in [-0.25, -0.2) is 4.79 Å². The van der Waals surface area contributed by atoms with Crippen molar-refractivity contribution >= 4 is 23.3 Å². The molecule has 0 bridgehead atoms. The van der Waals surface area contributed by atoms with Gasteiger partial charge in [0, 0.05) is 43.5 Å². The number of benzene rings is 1. The summed E-state index contributed by atoms with van der Waals surface area (Å²) in [5.41, 5.74) is 1.81. The van der Waals surface area contributed by atoms with Gasteiger partial charge >= 0.3 is 6.03 Å². The lowest BCUT2D eigenvalue weighted by Crippen LogP contribution is -2.40. The summed E-state index contributed by atoms with van der Waals surface area (Å²) in [6.45, 7) is 4.87. The Morgan fingerprint density at radius 2 is 2.08 bits per heavy atom. The number of urea groups is 1. The summed E-state index contributed by atoms with van der Waals surface area (Å²) in [4.78, 5) is 28.2. The predicted octanol–water partition coefficient (Wildman–Crippen LogP) is 2.42. The monoisotopic (exact) mass is 330 g/mol. The average molecular weight is 330 g/mol. The molecule has 1 saturated carbocycles. The van der Waals surface area contributed by atoms with Gasteiger partial charge in [-0.05, 0) is 44.9 Å². The van der Waals surface area contributed by atoms with Gasteiger partial charge in [-0.3, -0.25) is 4.79 Å². The molecule has 24 heavy (non-hydrogen) atoms. The number of hydrogen-bond donors (Lipinski definition) is 2. The van der Waals surface area contributed by atoms with E-state index in [0.29, 0.717) is 25.0 Å². The summed E-state index contributed by atoms with van der Waals surface area (Å²) in [6.07, 6.45) is 2.60. The second kappa shape index (κ2) is 6.71. The van der Waals surface area contributed by atoms with Crippen LogP contribution in [0.25, 0.3) is 0 Å². The molecule has 0 unspecified atom stereocenters. The van der Waals surface area contributed by atoms with E-state index in [-0.39, 0.29) is 18.0 Å². The number of nitrogens with zero attached hydrogens (tertiary/aromatic N) is 2. The molecule has 2 fully saturated rings. The largest absolute Gasteiger partial charge is 0.372 e. The van der Waals surface area contributed by atoms with Gasteiger partial charge in [-0.15, -0.1) is 0 Å². The summed E-state index contributed by atoms with van der Waals surface area (Å²) in [5.74, 6) is 0.156. The van der Waals surface area contributed by atoms with Gasteiger partial charge in [-0.1, -0.05) is 6.07 Å². The van der Waals surface area contributed by atoms with Gasteiger partial charge in [-0.2, -0.15) is 0 Å². The van der Waals surface area contributed by atoms with E-state index in [1.807, 2.05) is 36.2 Å². The Morgan fingerprint density at radius 1 is 1.33 bits per heavy atom. The molecule has 1 saturated heterocycles. The van der Waals surface area contributed by atoms with Crippen LogP contribution in [0.3, 0.4) is 0 Å². The van der Waals surface area contributed by atoms with Gasteiger partial charge in [0.15, 0.2) is 0 Å². The molecule has 3 amide bonds. The number of amides is 3. The molecular formula is C18H26N4O2. The van der Waals surface area contributed by atoms with Crippen molar-refractivity contribution in [1.82, 2.24) is 10.2 Å². The molecule has 3 rings (SSSR count). The number of carbonyl (C=O) groups excluding carboxylic acids is 2. The normalized spacial score (nSPS) is 20.4. The van der Waals surface area contributed by atoms with Crippen LogP contribution in [0, 0.1) is 0 Å². The highest BCUT2D eigenvalue weighted by Gasteiger charge is 2.39. The number of rotatable bonds is 5. The number of carbonyl (C=O) groups is 2. The molecule has 2 aliphatic rings. The Labute approximate surface area is 143 Å². The van der Waals surface area contributed by atoms with Crippen LogP contribution < -0.4 is 15.5 Å². The number of anilines is 2. The Kier molecular flexibility index (Phi) is 4.64. The summed E-state index contributed by atoms with van der Waals surface area (Å²) < 4.78 is 0. The number of hydrogen-bond acceptors (Lipinski definition) is 3. The van der Waals surface area contributed by atoms with E-state index in [1.165, 1.54) is 0 Å². The molecule has 1 aromatic rings. The van der Waals surface area contributed by atoms with Crippen molar-refractivity contribution in [3.8, 4) is 0 Å². The van der Waals surface area contributed by atoms with E-state index >= 15 is 0 Å². The van der Waals surface area contributed by atoms with Gasteiger partial charge in [0.1, 0.15) is 0 Å². The molecule has 1 aliphatic heterocycles. The summed E-state index contributed by atoms with van der Waals surface area (Å²) in [6, 6.07) is 8.21. The van der Waals surface area contributed by atoms with Crippen molar-refractivity contribution in [2.45, 2.75) is 51.2 Å². The van der Waals surface area contributed by atoms with Gasteiger partial charge in [0.25, 0.3) is 0 Å². The van der Waals surface area contributed by atoms with Crippen LogP contribution in [0.5, 0.6) is 0 Å². The highest BCUT2D eigenvalue weighted by atomic mass is 16.2. The maximum Gasteiger partial charge on any atom is 0.319 e. The summed E-state index contributed by atoms with van der Waals surface area (Å²) in [7, 11) is 2.03. The van der Waals surface area contributed by atoms with E-state index in [9.17, 15) is 9.59 Å². The molecule has 2 N–H and O–H groups in total. The Morgan fingerprint density at radius 3 is 2.75 bits per heavy atom. The maximum absolute atomic E-state index is 12.2. The Bertz CT molecular complexity index is 627. The third-order valence-corrected chi connectivity index (χ3v) is 4.77. The molecule has 0 spiro atoms. The molecular weight excluding hydrogens is 304 g/mol. The molecule has 1 aromatic carbocycles. The maximum atomic E-state index is 12.2. The topological polar surface area (TPSA) is 64.7 Å². The molecule has 0 aromatic heterocycles. The van der Waals surface area contributed by atoms with E-state index in [4.69, 9.17) is 0 Å². The van der Waals surface area contributed by atoms with Crippen molar-refractivity contribution < 1.29 is 9.59 Å². The fourth-order valence-electron chi connectivity index (χ4n) is 3.02. The fourth-order valence-corrected chi connectivity index (χ4v) is 3.02. The van der Waals surface area contributed by atoms with Gasteiger partial charge < -0.3 is 20.4 Å². The quantitative estimate of drug-likeness (QED) is 0.871.